The molecule has 8 heteroatoms. The fourth-order valence-corrected chi connectivity index (χ4v) is 3.32. The van der Waals surface area contributed by atoms with Crippen molar-refractivity contribution in [1.29, 1.82) is 0 Å². The summed E-state index contributed by atoms with van der Waals surface area (Å²) in [5.41, 5.74) is 4.09. The Morgan fingerprint density at radius 1 is 1.03 bits per heavy atom. The summed E-state index contributed by atoms with van der Waals surface area (Å²) in [5, 5.41) is 10.8. The highest BCUT2D eigenvalue weighted by molar-refractivity contribution is 6.31. The Kier molecular flexibility index (Phi) is 6.87. The van der Waals surface area contributed by atoms with E-state index in [2.05, 4.69) is 15.7 Å². The number of aryl methyl sites for hydroxylation is 1. The molecule has 0 aliphatic heterocycles. The van der Waals surface area contributed by atoms with Gasteiger partial charge in [-0.2, -0.15) is 5.10 Å². The van der Waals surface area contributed by atoms with E-state index >= 15 is 0 Å². The number of benzene rings is 2. The number of hydrogen-bond acceptors (Lipinski definition) is 4. The van der Waals surface area contributed by atoms with Crippen LogP contribution >= 0.6 is 11.6 Å². The van der Waals surface area contributed by atoms with Gasteiger partial charge in [0.05, 0.1) is 17.8 Å². The number of ether oxygens (including phenoxy) is 1. The molecule has 0 fully saturated rings. The number of carbonyl (C=O) groups excluding carboxylic acids is 2. The lowest BCUT2D eigenvalue weighted by Crippen LogP contribution is -2.17. The van der Waals surface area contributed by atoms with E-state index in [1.54, 1.807) is 35.9 Å². The van der Waals surface area contributed by atoms with Gasteiger partial charge in [-0.15, -0.1) is 0 Å². The molecule has 0 unspecified atom stereocenters. The summed E-state index contributed by atoms with van der Waals surface area (Å²) < 4.78 is 6.56. The molecule has 0 aliphatic carbocycles. The Hall–Kier alpha value is -3.16. The molecular formula is C22H23ClN4O3. The molecule has 2 aromatic carbocycles. The van der Waals surface area contributed by atoms with Crippen molar-refractivity contribution in [3.8, 4) is 0 Å². The van der Waals surface area contributed by atoms with Crippen molar-refractivity contribution in [1.82, 2.24) is 9.78 Å². The van der Waals surface area contributed by atoms with E-state index in [-0.39, 0.29) is 18.4 Å². The third-order valence-electron chi connectivity index (χ3n) is 4.59. The van der Waals surface area contributed by atoms with E-state index in [0.29, 0.717) is 34.2 Å². The summed E-state index contributed by atoms with van der Waals surface area (Å²) in [5.74, 6) is -0.488. The van der Waals surface area contributed by atoms with Gasteiger partial charge in [0.15, 0.2) is 0 Å². The molecular weight excluding hydrogens is 404 g/mol. The van der Waals surface area contributed by atoms with Gasteiger partial charge in [-0.1, -0.05) is 29.8 Å². The molecule has 1 heterocycles. The maximum atomic E-state index is 12.9. The first-order valence-corrected chi connectivity index (χ1v) is 9.74. The first kappa shape index (κ1) is 21.5. The molecule has 0 saturated heterocycles. The Morgan fingerprint density at radius 3 is 2.30 bits per heavy atom. The van der Waals surface area contributed by atoms with Crippen molar-refractivity contribution in [3.05, 3.63) is 76.1 Å². The van der Waals surface area contributed by atoms with Crippen molar-refractivity contribution in [3.63, 3.8) is 0 Å². The standard InChI is InChI=1S/C22H23ClN4O3/c1-14-21(15(2)27(26-14)12-16-6-4-5-7-19(16)23)22(29)25-18-10-8-17(9-11-18)24-20(28)13-30-3/h4-11H,12-13H2,1-3H3,(H,24,28)(H,25,29). The largest absolute Gasteiger partial charge is 0.375 e. The third-order valence-corrected chi connectivity index (χ3v) is 4.96. The number of hydrogen-bond donors (Lipinski definition) is 2. The van der Waals surface area contributed by atoms with Crippen LogP contribution in [-0.4, -0.2) is 35.3 Å². The van der Waals surface area contributed by atoms with Crippen LogP contribution in [0.15, 0.2) is 48.5 Å². The summed E-state index contributed by atoms with van der Waals surface area (Å²) in [7, 11) is 1.46. The van der Waals surface area contributed by atoms with E-state index in [4.69, 9.17) is 16.3 Å². The molecule has 0 bridgehead atoms. The highest BCUT2D eigenvalue weighted by Gasteiger charge is 2.19. The minimum absolute atomic E-state index is 0.0186. The number of carbonyl (C=O) groups is 2. The van der Waals surface area contributed by atoms with Gasteiger partial charge in [0.2, 0.25) is 5.91 Å². The number of halogens is 1. The molecule has 0 saturated carbocycles. The van der Waals surface area contributed by atoms with E-state index in [1.165, 1.54) is 7.11 Å². The minimum Gasteiger partial charge on any atom is -0.375 e. The average molecular weight is 427 g/mol. The molecule has 3 rings (SSSR count). The molecule has 7 nitrogen and oxygen atoms in total. The second kappa shape index (κ2) is 9.56. The van der Waals surface area contributed by atoms with E-state index < -0.39 is 0 Å². The highest BCUT2D eigenvalue weighted by atomic mass is 35.5. The lowest BCUT2D eigenvalue weighted by atomic mass is 10.1. The molecule has 156 valence electrons. The zero-order valence-electron chi connectivity index (χ0n) is 17.0. The van der Waals surface area contributed by atoms with Crippen LogP contribution < -0.4 is 10.6 Å². The third kappa shape index (κ3) is 5.06. The Bertz CT molecular complexity index is 1060. The summed E-state index contributed by atoms with van der Waals surface area (Å²) in [6.45, 7) is 4.13. The topological polar surface area (TPSA) is 85.2 Å². The quantitative estimate of drug-likeness (QED) is 0.597. The zero-order valence-corrected chi connectivity index (χ0v) is 17.8. The molecule has 0 atom stereocenters. The number of methoxy groups -OCH3 is 1. The molecule has 1 aromatic heterocycles. The first-order valence-electron chi connectivity index (χ1n) is 9.36. The Morgan fingerprint density at radius 2 is 1.67 bits per heavy atom. The van der Waals surface area contributed by atoms with Crippen molar-refractivity contribution < 1.29 is 14.3 Å². The van der Waals surface area contributed by atoms with Gasteiger partial charge in [-0.3, -0.25) is 14.3 Å². The van der Waals surface area contributed by atoms with E-state index in [0.717, 1.165) is 11.3 Å². The summed E-state index contributed by atoms with van der Waals surface area (Å²) in [6, 6.07) is 14.4. The summed E-state index contributed by atoms with van der Waals surface area (Å²) in [6.07, 6.45) is 0. The van der Waals surface area contributed by atoms with Crippen molar-refractivity contribution >= 4 is 34.8 Å². The summed E-state index contributed by atoms with van der Waals surface area (Å²) >= 11 is 6.25. The highest BCUT2D eigenvalue weighted by Crippen LogP contribution is 2.21. The number of rotatable bonds is 7. The second-order valence-electron chi connectivity index (χ2n) is 6.81. The van der Waals surface area contributed by atoms with Crippen LogP contribution in [-0.2, 0) is 16.1 Å². The van der Waals surface area contributed by atoms with Gasteiger partial charge >= 0.3 is 0 Å². The molecule has 3 aromatic rings. The molecule has 0 spiro atoms. The fraction of sp³-hybridized carbons (Fsp3) is 0.227. The van der Waals surface area contributed by atoms with Gasteiger partial charge < -0.3 is 15.4 Å². The molecule has 30 heavy (non-hydrogen) atoms. The molecule has 0 radical (unpaired) electrons. The van der Waals surface area contributed by atoms with Crippen molar-refractivity contribution in [2.45, 2.75) is 20.4 Å². The number of anilines is 2. The van der Waals surface area contributed by atoms with Crippen molar-refractivity contribution in [2.75, 3.05) is 24.4 Å². The van der Waals surface area contributed by atoms with Gasteiger partial charge in [-0.05, 0) is 49.7 Å². The Balaban J connectivity index is 1.72. The first-order chi connectivity index (χ1) is 14.4. The normalized spacial score (nSPS) is 10.7. The lowest BCUT2D eigenvalue weighted by Gasteiger charge is -2.09. The smallest absolute Gasteiger partial charge is 0.259 e. The van der Waals surface area contributed by atoms with Crippen LogP contribution in [0.1, 0.15) is 27.3 Å². The molecule has 2 amide bonds. The summed E-state index contributed by atoms with van der Waals surface area (Å²) in [4.78, 5) is 24.4. The lowest BCUT2D eigenvalue weighted by molar-refractivity contribution is -0.119. The maximum Gasteiger partial charge on any atom is 0.259 e. The molecule has 0 aliphatic rings. The second-order valence-corrected chi connectivity index (χ2v) is 7.21. The number of nitrogens with one attached hydrogen (secondary N) is 2. The van der Waals surface area contributed by atoms with Gasteiger partial charge in [0, 0.05) is 29.2 Å². The number of aromatic nitrogens is 2. The maximum absolute atomic E-state index is 12.9. The fourth-order valence-electron chi connectivity index (χ4n) is 3.13. The van der Waals surface area contributed by atoms with Crippen LogP contribution in [0.3, 0.4) is 0 Å². The Labute approximate surface area is 180 Å². The van der Waals surface area contributed by atoms with E-state index in [1.807, 2.05) is 31.2 Å². The van der Waals surface area contributed by atoms with E-state index in [9.17, 15) is 9.59 Å². The predicted octanol–water partition coefficient (Wildman–Crippen LogP) is 4.04. The monoisotopic (exact) mass is 426 g/mol. The van der Waals surface area contributed by atoms with Gasteiger partial charge in [-0.25, -0.2) is 0 Å². The molecule has 2 N–H and O–H groups in total. The minimum atomic E-state index is -0.244. The average Bonchev–Trinajstić information content (AvgIpc) is 2.98. The van der Waals surface area contributed by atoms with Crippen molar-refractivity contribution in [2.24, 2.45) is 0 Å². The van der Waals surface area contributed by atoms with Crippen LogP contribution in [0.25, 0.3) is 0 Å². The van der Waals surface area contributed by atoms with Crippen LogP contribution in [0.2, 0.25) is 5.02 Å². The van der Waals surface area contributed by atoms with Gasteiger partial charge in [0.1, 0.15) is 6.61 Å². The van der Waals surface area contributed by atoms with Crippen LogP contribution in [0, 0.1) is 13.8 Å². The van der Waals surface area contributed by atoms with Crippen LogP contribution in [0.5, 0.6) is 0 Å². The van der Waals surface area contributed by atoms with Crippen LogP contribution in [0.4, 0.5) is 11.4 Å². The number of amides is 2. The zero-order chi connectivity index (χ0) is 21.7. The number of nitrogens with zero attached hydrogens (tertiary/aromatic N) is 2. The van der Waals surface area contributed by atoms with Gasteiger partial charge in [0.25, 0.3) is 5.91 Å². The SMILES string of the molecule is COCC(=O)Nc1ccc(NC(=O)c2c(C)nn(Cc3ccccc3Cl)c2C)cc1. The predicted molar refractivity (Wildman–Crippen MR) is 117 cm³/mol.